The monoisotopic (exact) mass is 389 g/mol. The molecule has 0 aromatic heterocycles. The number of nitrogen functional groups attached to an aromatic ring is 2. The normalized spacial score (nSPS) is 10.4. The molecule has 5 N–H and O–H groups in total. The van der Waals surface area contributed by atoms with Gasteiger partial charge in [-0.2, -0.15) is 0 Å². The van der Waals surface area contributed by atoms with E-state index in [0.29, 0.717) is 22.6 Å². The van der Waals surface area contributed by atoms with Gasteiger partial charge in [-0.3, -0.25) is 5.41 Å². The lowest BCUT2D eigenvalue weighted by atomic mass is 9.98. The van der Waals surface area contributed by atoms with Gasteiger partial charge in [-0.05, 0) is 65.6 Å². The number of hydrogen-bond donors (Lipinski definition) is 3. The molecule has 0 atom stereocenters. The minimum absolute atomic E-state index is 0.0191. The molecule has 148 valence electrons. The highest BCUT2D eigenvalue weighted by Crippen LogP contribution is 2.27. The van der Waals surface area contributed by atoms with Crippen molar-refractivity contribution >= 4 is 17.5 Å². The van der Waals surface area contributed by atoms with Crippen molar-refractivity contribution in [3.8, 4) is 16.9 Å². The Morgan fingerprint density at radius 1 is 1.00 bits per heavy atom. The fourth-order valence-corrected chi connectivity index (χ4v) is 3.00. The van der Waals surface area contributed by atoms with E-state index in [0.717, 1.165) is 22.3 Å². The van der Waals surface area contributed by atoms with Crippen molar-refractivity contribution in [3.63, 3.8) is 0 Å². The number of benzene rings is 3. The van der Waals surface area contributed by atoms with E-state index in [1.165, 1.54) is 7.11 Å². The van der Waals surface area contributed by atoms with Crippen LogP contribution < -0.4 is 16.2 Å². The van der Waals surface area contributed by atoms with Crippen LogP contribution in [0.2, 0.25) is 0 Å². The van der Waals surface area contributed by atoms with Gasteiger partial charge in [0, 0.05) is 5.56 Å². The van der Waals surface area contributed by atoms with Gasteiger partial charge in [0.2, 0.25) is 0 Å². The van der Waals surface area contributed by atoms with Gasteiger partial charge < -0.3 is 20.9 Å². The second-order valence-corrected chi connectivity index (χ2v) is 6.73. The number of carbonyl (C=O) groups excluding carboxylic acids is 1. The van der Waals surface area contributed by atoms with Crippen LogP contribution in [0.4, 0.5) is 5.69 Å². The Morgan fingerprint density at radius 2 is 1.76 bits per heavy atom. The number of methoxy groups -OCH3 is 1. The Balaban J connectivity index is 1.96. The van der Waals surface area contributed by atoms with Crippen molar-refractivity contribution in [2.45, 2.75) is 13.5 Å². The van der Waals surface area contributed by atoms with Crippen LogP contribution in [0, 0.1) is 12.3 Å². The first-order valence-electron chi connectivity index (χ1n) is 9.03. The Hall–Kier alpha value is -3.80. The predicted octanol–water partition coefficient (Wildman–Crippen LogP) is 3.89. The summed E-state index contributed by atoms with van der Waals surface area (Å²) in [6.07, 6.45) is 0. The van der Waals surface area contributed by atoms with Crippen molar-refractivity contribution in [2.24, 2.45) is 5.73 Å². The number of nitrogens with two attached hydrogens (primary N) is 2. The molecule has 3 rings (SSSR count). The number of rotatable bonds is 6. The van der Waals surface area contributed by atoms with Crippen LogP contribution in [-0.2, 0) is 11.3 Å². The first kappa shape index (κ1) is 19.9. The van der Waals surface area contributed by atoms with Crippen LogP contribution in [0.25, 0.3) is 11.1 Å². The lowest BCUT2D eigenvalue weighted by Gasteiger charge is -2.13. The topological polar surface area (TPSA) is 111 Å². The number of hydrogen-bond acceptors (Lipinski definition) is 5. The number of ether oxygens (including phenoxy) is 2. The van der Waals surface area contributed by atoms with Crippen LogP contribution >= 0.6 is 0 Å². The fraction of sp³-hybridized carbons (Fsp3) is 0.130. The van der Waals surface area contributed by atoms with E-state index in [-0.39, 0.29) is 12.4 Å². The van der Waals surface area contributed by atoms with Gasteiger partial charge in [-0.1, -0.05) is 24.3 Å². The molecule has 0 aliphatic carbocycles. The summed E-state index contributed by atoms with van der Waals surface area (Å²) in [5.41, 5.74) is 16.7. The van der Waals surface area contributed by atoms with Gasteiger partial charge in [0.25, 0.3) is 0 Å². The molecule has 0 bridgehead atoms. The first-order valence-corrected chi connectivity index (χ1v) is 9.03. The molecule has 0 spiro atoms. The van der Waals surface area contributed by atoms with Crippen molar-refractivity contribution in [2.75, 3.05) is 12.8 Å². The van der Waals surface area contributed by atoms with E-state index in [9.17, 15) is 4.79 Å². The van der Waals surface area contributed by atoms with Crippen LogP contribution in [0.5, 0.6) is 5.75 Å². The third-order valence-electron chi connectivity index (χ3n) is 4.48. The Labute approximate surface area is 169 Å². The lowest BCUT2D eigenvalue weighted by Crippen LogP contribution is -2.10. The zero-order valence-corrected chi connectivity index (χ0v) is 16.4. The molecule has 0 unspecified atom stereocenters. The second-order valence-electron chi connectivity index (χ2n) is 6.73. The smallest absolute Gasteiger partial charge is 0.337 e. The maximum atomic E-state index is 12.2. The highest BCUT2D eigenvalue weighted by atomic mass is 16.5. The summed E-state index contributed by atoms with van der Waals surface area (Å²) in [4.78, 5) is 12.2. The first-order chi connectivity index (χ1) is 13.9. The third kappa shape index (κ3) is 4.73. The minimum atomic E-state index is -0.439. The number of anilines is 1. The molecule has 0 saturated heterocycles. The maximum absolute atomic E-state index is 12.2. The van der Waals surface area contributed by atoms with Crippen LogP contribution in [-0.4, -0.2) is 18.9 Å². The largest absolute Gasteiger partial charge is 0.487 e. The summed E-state index contributed by atoms with van der Waals surface area (Å²) in [6.45, 7) is 2.19. The van der Waals surface area contributed by atoms with Crippen LogP contribution in [0.15, 0.2) is 60.7 Å². The molecule has 6 heteroatoms. The van der Waals surface area contributed by atoms with Gasteiger partial charge in [0.05, 0.1) is 18.4 Å². The van der Waals surface area contributed by atoms with E-state index in [4.69, 9.17) is 26.4 Å². The van der Waals surface area contributed by atoms with E-state index in [2.05, 4.69) is 0 Å². The molecule has 0 fully saturated rings. The molecule has 3 aromatic carbocycles. The number of amidine groups is 1. The molecule has 29 heavy (non-hydrogen) atoms. The number of carbonyl (C=O) groups is 1. The minimum Gasteiger partial charge on any atom is -0.487 e. The summed E-state index contributed by atoms with van der Waals surface area (Å²) < 4.78 is 10.8. The molecule has 0 saturated carbocycles. The quantitative estimate of drug-likeness (QED) is 0.256. The average Bonchev–Trinajstić information content (AvgIpc) is 2.72. The molecule has 0 radical (unpaired) electrons. The molecule has 3 aromatic rings. The average molecular weight is 389 g/mol. The Kier molecular flexibility index (Phi) is 5.83. The van der Waals surface area contributed by atoms with E-state index in [1.807, 2.05) is 43.3 Å². The second kappa shape index (κ2) is 8.48. The summed E-state index contributed by atoms with van der Waals surface area (Å²) in [6, 6.07) is 18.3. The molecule has 0 amide bonds. The van der Waals surface area contributed by atoms with Gasteiger partial charge in [-0.15, -0.1) is 0 Å². The van der Waals surface area contributed by atoms with E-state index in [1.54, 1.807) is 24.3 Å². The lowest BCUT2D eigenvalue weighted by molar-refractivity contribution is 0.0600. The van der Waals surface area contributed by atoms with E-state index < -0.39 is 5.97 Å². The van der Waals surface area contributed by atoms with Crippen molar-refractivity contribution in [3.05, 3.63) is 82.9 Å². The maximum Gasteiger partial charge on any atom is 0.337 e. The fourth-order valence-electron chi connectivity index (χ4n) is 3.00. The van der Waals surface area contributed by atoms with Crippen LogP contribution in [0.1, 0.15) is 27.0 Å². The molecular weight excluding hydrogens is 366 g/mol. The predicted molar refractivity (Wildman–Crippen MR) is 114 cm³/mol. The molecule has 0 heterocycles. The SMILES string of the molecule is COC(=O)c1cc(COc2ccc(C)cc2N)cc(-c2cccc(C(=N)N)c2)c1. The van der Waals surface area contributed by atoms with Crippen molar-refractivity contribution in [1.82, 2.24) is 0 Å². The Morgan fingerprint density at radius 3 is 2.45 bits per heavy atom. The van der Waals surface area contributed by atoms with Crippen molar-refractivity contribution < 1.29 is 14.3 Å². The molecule has 0 aliphatic rings. The van der Waals surface area contributed by atoms with Gasteiger partial charge >= 0.3 is 5.97 Å². The number of esters is 1. The standard InChI is InChI=1S/C23H23N3O3/c1-14-6-7-21(20(24)8-14)29-13-15-9-18(12-19(10-15)23(27)28-2)16-4-3-5-17(11-16)22(25)26/h3-12H,13,24H2,1-2H3,(H3,25,26). The summed E-state index contributed by atoms with van der Waals surface area (Å²) >= 11 is 0. The summed E-state index contributed by atoms with van der Waals surface area (Å²) in [5.74, 6) is 0.124. The van der Waals surface area contributed by atoms with Crippen LogP contribution in [0.3, 0.4) is 0 Å². The van der Waals surface area contributed by atoms with Gasteiger partial charge in [-0.25, -0.2) is 4.79 Å². The number of aryl methyl sites for hydroxylation is 1. The molecular formula is C23H23N3O3. The molecule has 0 aliphatic heterocycles. The van der Waals surface area contributed by atoms with Crippen molar-refractivity contribution in [1.29, 1.82) is 5.41 Å². The van der Waals surface area contributed by atoms with E-state index >= 15 is 0 Å². The molecule has 6 nitrogen and oxygen atoms in total. The Bertz CT molecular complexity index is 1080. The zero-order valence-electron chi connectivity index (χ0n) is 16.4. The third-order valence-corrected chi connectivity index (χ3v) is 4.48. The highest BCUT2D eigenvalue weighted by molar-refractivity contribution is 5.96. The van der Waals surface area contributed by atoms with Gasteiger partial charge in [0.1, 0.15) is 18.2 Å². The van der Waals surface area contributed by atoms with Gasteiger partial charge in [0.15, 0.2) is 0 Å². The number of nitrogens with one attached hydrogen (secondary N) is 1. The zero-order chi connectivity index (χ0) is 21.0. The summed E-state index contributed by atoms with van der Waals surface area (Å²) in [7, 11) is 1.34. The highest BCUT2D eigenvalue weighted by Gasteiger charge is 2.12. The summed E-state index contributed by atoms with van der Waals surface area (Å²) in [5, 5.41) is 7.65.